The molecule has 2 aromatic rings. The maximum Gasteiger partial charge on any atom is 0.258 e. The van der Waals surface area contributed by atoms with E-state index in [-0.39, 0.29) is 18.6 Å². The first-order valence-electron chi connectivity index (χ1n) is 8.28. The highest BCUT2D eigenvalue weighted by molar-refractivity contribution is 6.06. The van der Waals surface area contributed by atoms with E-state index in [0.29, 0.717) is 18.7 Å². The summed E-state index contributed by atoms with van der Waals surface area (Å²) in [4.78, 5) is 17.1. The van der Waals surface area contributed by atoms with E-state index in [4.69, 9.17) is 9.52 Å². The molecule has 1 aliphatic rings. The van der Waals surface area contributed by atoms with Crippen molar-refractivity contribution in [1.82, 2.24) is 9.80 Å². The van der Waals surface area contributed by atoms with Crippen LogP contribution in [0.5, 0.6) is 0 Å². The number of amides is 1. The summed E-state index contributed by atoms with van der Waals surface area (Å²) in [5.74, 6) is 0.0353. The molecule has 1 saturated heterocycles. The van der Waals surface area contributed by atoms with Crippen LogP contribution < -0.4 is 0 Å². The molecule has 1 aliphatic heterocycles. The third kappa shape index (κ3) is 3.12. The quantitative estimate of drug-likeness (QED) is 0.939. The average molecular weight is 316 g/mol. The first-order valence-corrected chi connectivity index (χ1v) is 8.28. The maximum atomic E-state index is 12.9. The first-order chi connectivity index (χ1) is 11.1. The number of fused-ring (bicyclic) bond motifs is 1. The zero-order valence-electron chi connectivity index (χ0n) is 13.8. The lowest BCUT2D eigenvalue weighted by Gasteiger charge is -2.39. The molecule has 1 N–H and O–H groups in total. The van der Waals surface area contributed by atoms with Crippen molar-refractivity contribution >= 4 is 16.9 Å². The number of furan rings is 1. The number of β-amino-alcohol motifs (C(OH)–C–C–N with tert-alkyl or cyclic N) is 1. The number of piperazine rings is 1. The van der Waals surface area contributed by atoms with Gasteiger partial charge in [0, 0.05) is 37.6 Å². The highest BCUT2D eigenvalue weighted by Crippen LogP contribution is 2.25. The SMILES string of the molecule is CCc1ccc2occ(C(=O)N3CCN(CCO)CC3C)c2c1. The topological polar surface area (TPSA) is 56.9 Å². The Bertz CT molecular complexity index is 695. The lowest BCUT2D eigenvalue weighted by molar-refractivity contribution is 0.0459. The molecule has 5 heteroatoms. The Kier molecular flexibility index (Phi) is 4.68. The van der Waals surface area contributed by atoms with Gasteiger partial charge in [0.25, 0.3) is 5.91 Å². The Balaban J connectivity index is 1.83. The van der Waals surface area contributed by atoms with E-state index in [1.807, 2.05) is 17.0 Å². The van der Waals surface area contributed by atoms with Crippen molar-refractivity contribution in [3.05, 3.63) is 35.6 Å². The number of hydrogen-bond acceptors (Lipinski definition) is 4. The number of aliphatic hydroxyl groups excluding tert-OH is 1. The van der Waals surface area contributed by atoms with E-state index in [1.54, 1.807) is 6.26 Å². The van der Waals surface area contributed by atoms with Crippen molar-refractivity contribution in [3.63, 3.8) is 0 Å². The molecule has 23 heavy (non-hydrogen) atoms. The van der Waals surface area contributed by atoms with E-state index in [9.17, 15) is 4.79 Å². The van der Waals surface area contributed by atoms with E-state index in [2.05, 4.69) is 24.8 Å². The average Bonchev–Trinajstić information content (AvgIpc) is 2.97. The van der Waals surface area contributed by atoms with Crippen LogP contribution in [-0.2, 0) is 6.42 Å². The van der Waals surface area contributed by atoms with Crippen molar-refractivity contribution in [2.75, 3.05) is 32.8 Å². The van der Waals surface area contributed by atoms with Gasteiger partial charge in [-0.05, 0) is 31.0 Å². The molecular weight excluding hydrogens is 292 g/mol. The summed E-state index contributed by atoms with van der Waals surface area (Å²) in [7, 11) is 0. The Morgan fingerprint density at radius 1 is 1.39 bits per heavy atom. The molecule has 2 heterocycles. The lowest BCUT2D eigenvalue weighted by atomic mass is 10.1. The van der Waals surface area contributed by atoms with Crippen molar-refractivity contribution in [2.45, 2.75) is 26.3 Å². The Hall–Kier alpha value is -1.85. The number of aliphatic hydroxyl groups is 1. The predicted octanol–water partition coefficient (Wildman–Crippen LogP) is 2.13. The summed E-state index contributed by atoms with van der Waals surface area (Å²) in [5, 5.41) is 9.97. The molecule has 1 unspecified atom stereocenters. The highest BCUT2D eigenvalue weighted by Gasteiger charge is 2.29. The molecule has 0 spiro atoms. The molecule has 124 valence electrons. The number of hydrogen-bond donors (Lipinski definition) is 1. The van der Waals surface area contributed by atoms with Crippen LogP contribution in [0.3, 0.4) is 0 Å². The minimum atomic E-state index is 0.0353. The van der Waals surface area contributed by atoms with E-state index in [1.165, 1.54) is 5.56 Å². The molecule has 1 aromatic carbocycles. The number of carbonyl (C=O) groups is 1. The van der Waals surface area contributed by atoms with Gasteiger partial charge in [-0.25, -0.2) is 0 Å². The molecule has 1 aromatic heterocycles. The van der Waals surface area contributed by atoms with Gasteiger partial charge in [0.1, 0.15) is 11.8 Å². The van der Waals surface area contributed by atoms with Gasteiger partial charge in [0.15, 0.2) is 0 Å². The molecular formula is C18H24N2O3. The van der Waals surface area contributed by atoms with Crippen LogP contribution in [0.15, 0.2) is 28.9 Å². The van der Waals surface area contributed by atoms with Crippen LogP contribution in [0.2, 0.25) is 0 Å². The minimum absolute atomic E-state index is 0.0353. The molecule has 0 saturated carbocycles. The summed E-state index contributed by atoms with van der Waals surface area (Å²) >= 11 is 0. The minimum Gasteiger partial charge on any atom is -0.463 e. The molecule has 1 amide bonds. The Morgan fingerprint density at radius 3 is 2.91 bits per heavy atom. The van der Waals surface area contributed by atoms with Crippen LogP contribution in [0, 0.1) is 0 Å². The van der Waals surface area contributed by atoms with Gasteiger partial charge in [0.2, 0.25) is 0 Å². The first kappa shape index (κ1) is 16.0. The van der Waals surface area contributed by atoms with Crippen molar-refractivity contribution in [3.8, 4) is 0 Å². The van der Waals surface area contributed by atoms with Crippen LogP contribution in [0.25, 0.3) is 11.0 Å². The fraction of sp³-hybridized carbons (Fsp3) is 0.500. The van der Waals surface area contributed by atoms with E-state index < -0.39 is 0 Å². The molecule has 0 aliphatic carbocycles. The Morgan fingerprint density at radius 2 is 2.22 bits per heavy atom. The van der Waals surface area contributed by atoms with Gasteiger partial charge in [-0.2, -0.15) is 0 Å². The number of rotatable bonds is 4. The van der Waals surface area contributed by atoms with Gasteiger partial charge >= 0.3 is 0 Å². The van der Waals surface area contributed by atoms with E-state index in [0.717, 1.165) is 30.5 Å². The van der Waals surface area contributed by atoms with Crippen molar-refractivity contribution in [2.24, 2.45) is 0 Å². The second-order valence-electron chi connectivity index (χ2n) is 6.21. The monoisotopic (exact) mass is 316 g/mol. The van der Waals surface area contributed by atoms with Gasteiger partial charge in [-0.3, -0.25) is 9.69 Å². The van der Waals surface area contributed by atoms with Gasteiger partial charge in [-0.1, -0.05) is 13.0 Å². The molecule has 5 nitrogen and oxygen atoms in total. The van der Waals surface area contributed by atoms with E-state index >= 15 is 0 Å². The third-order valence-electron chi connectivity index (χ3n) is 4.67. The highest BCUT2D eigenvalue weighted by atomic mass is 16.3. The summed E-state index contributed by atoms with van der Waals surface area (Å²) in [6.45, 7) is 7.26. The number of benzene rings is 1. The third-order valence-corrected chi connectivity index (χ3v) is 4.67. The van der Waals surface area contributed by atoms with Crippen LogP contribution in [-0.4, -0.2) is 59.6 Å². The fourth-order valence-electron chi connectivity index (χ4n) is 3.30. The molecule has 3 rings (SSSR count). The second kappa shape index (κ2) is 6.72. The van der Waals surface area contributed by atoms with Gasteiger partial charge in [-0.15, -0.1) is 0 Å². The Labute approximate surface area is 136 Å². The largest absolute Gasteiger partial charge is 0.463 e. The number of carbonyl (C=O) groups excluding carboxylic acids is 1. The zero-order valence-corrected chi connectivity index (χ0v) is 13.8. The van der Waals surface area contributed by atoms with Crippen LogP contribution >= 0.6 is 0 Å². The predicted molar refractivity (Wildman–Crippen MR) is 89.6 cm³/mol. The summed E-state index contributed by atoms with van der Waals surface area (Å²) in [6.07, 6.45) is 2.52. The smallest absolute Gasteiger partial charge is 0.258 e. The number of nitrogens with zero attached hydrogens (tertiary/aromatic N) is 2. The van der Waals surface area contributed by atoms with Gasteiger partial charge in [0.05, 0.1) is 12.2 Å². The molecule has 1 fully saturated rings. The standard InChI is InChI=1S/C18H24N2O3/c1-3-14-4-5-17-15(10-14)16(12-23-17)18(22)20-7-6-19(8-9-21)11-13(20)2/h4-5,10,12-13,21H,3,6-9,11H2,1-2H3. The summed E-state index contributed by atoms with van der Waals surface area (Å²) in [6, 6.07) is 6.16. The molecule has 0 bridgehead atoms. The van der Waals surface area contributed by atoms with Crippen molar-refractivity contribution in [1.29, 1.82) is 0 Å². The molecule has 0 radical (unpaired) electrons. The zero-order chi connectivity index (χ0) is 16.4. The van der Waals surface area contributed by atoms with Crippen LogP contribution in [0.4, 0.5) is 0 Å². The molecule has 1 atom stereocenters. The van der Waals surface area contributed by atoms with Gasteiger partial charge < -0.3 is 14.4 Å². The number of aryl methyl sites for hydroxylation is 1. The summed E-state index contributed by atoms with van der Waals surface area (Å²) in [5.41, 5.74) is 2.61. The van der Waals surface area contributed by atoms with Crippen molar-refractivity contribution < 1.29 is 14.3 Å². The second-order valence-corrected chi connectivity index (χ2v) is 6.21. The fourth-order valence-corrected chi connectivity index (χ4v) is 3.30. The normalized spacial score (nSPS) is 19.4. The maximum absolute atomic E-state index is 12.9. The summed E-state index contributed by atoms with van der Waals surface area (Å²) < 4.78 is 5.56. The lowest BCUT2D eigenvalue weighted by Crippen LogP contribution is -2.54. The van der Waals surface area contributed by atoms with Crippen LogP contribution in [0.1, 0.15) is 29.8 Å².